The second-order valence-electron chi connectivity index (χ2n) is 4.87. The molecule has 0 unspecified atom stereocenters. The number of likely N-dealkylation sites (N-methyl/N-ethyl adjacent to an activating group) is 1. The Morgan fingerprint density at radius 3 is 2.62 bits per heavy atom. The summed E-state index contributed by atoms with van der Waals surface area (Å²) < 4.78 is 9.99. The third-order valence-electron chi connectivity index (χ3n) is 3.01. The molecule has 0 bridgehead atoms. The number of methoxy groups -OCH3 is 1. The Kier molecular flexibility index (Phi) is 8.04. The van der Waals surface area contributed by atoms with E-state index in [1.54, 1.807) is 26.0 Å². The van der Waals surface area contributed by atoms with Gasteiger partial charge in [-0.05, 0) is 26.0 Å². The molecule has 1 aromatic carbocycles. The van der Waals surface area contributed by atoms with Gasteiger partial charge in [0.25, 0.3) is 5.91 Å². The van der Waals surface area contributed by atoms with E-state index in [1.807, 2.05) is 12.1 Å². The lowest BCUT2D eigenvalue weighted by molar-refractivity contribution is -0.144. The number of rotatable bonds is 8. The van der Waals surface area contributed by atoms with E-state index in [4.69, 9.17) is 9.47 Å². The Labute approximate surface area is 141 Å². The highest BCUT2D eigenvalue weighted by atomic mass is 16.5. The van der Waals surface area contributed by atoms with Crippen molar-refractivity contribution in [2.24, 2.45) is 0 Å². The molecule has 0 heterocycles. The smallest absolute Gasteiger partial charge is 0.331 e. The van der Waals surface area contributed by atoms with Crippen molar-refractivity contribution in [2.75, 3.05) is 20.3 Å². The molecular weight excluding hydrogens is 312 g/mol. The molecule has 0 radical (unpaired) electrons. The molecule has 1 atom stereocenters. The maximum absolute atomic E-state index is 11.6. The van der Waals surface area contributed by atoms with Gasteiger partial charge in [0.2, 0.25) is 5.91 Å². The van der Waals surface area contributed by atoms with Gasteiger partial charge in [-0.25, -0.2) is 4.79 Å². The molecule has 0 aliphatic carbocycles. The van der Waals surface area contributed by atoms with Crippen LogP contribution in [0.25, 0.3) is 6.08 Å². The van der Waals surface area contributed by atoms with Crippen LogP contribution in [0.15, 0.2) is 30.3 Å². The molecule has 0 saturated heterocycles. The van der Waals surface area contributed by atoms with Crippen LogP contribution < -0.4 is 15.4 Å². The number of ether oxygens (including phenoxy) is 2. The van der Waals surface area contributed by atoms with Crippen molar-refractivity contribution in [3.63, 3.8) is 0 Å². The van der Waals surface area contributed by atoms with Gasteiger partial charge < -0.3 is 20.1 Å². The largest absolute Gasteiger partial charge is 0.496 e. The Bertz CT molecular complexity index is 613. The summed E-state index contributed by atoms with van der Waals surface area (Å²) in [7, 11) is 1.53. The molecule has 0 fully saturated rings. The standard InChI is InChI=1S/C17H22N2O5/c1-4-18-17(22)12(2)19-15(20)11-24-16(21)10-9-13-7-5-6-8-14(13)23-3/h5-10,12H,4,11H2,1-3H3,(H,18,22)(H,19,20)/b10-9+/t12-/m0/s1. The molecule has 2 N–H and O–H groups in total. The van der Waals surface area contributed by atoms with Crippen LogP contribution in [0.3, 0.4) is 0 Å². The van der Waals surface area contributed by atoms with Gasteiger partial charge in [0.1, 0.15) is 11.8 Å². The number of carbonyl (C=O) groups excluding carboxylic acids is 3. The number of hydrogen-bond acceptors (Lipinski definition) is 5. The van der Waals surface area contributed by atoms with Crippen molar-refractivity contribution in [1.82, 2.24) is 10.6 Å². The topological polar surface area (TPSA) is 93.7 Å². The van der Waals surface area contributed by atoms with E-state index in [0.717, 1.165) is 0 Å². The SMILES string of the molecule is CCNC(=O)[C@H](C)NC(=O)COC(=O)/C=C/c1ccccc1OC. The first kappa shape index (κ1) is 19.2. The molecule has 7 nitrogen and oxygen atoms in total. The number of hydrogen-bond donors (Lipinski definition) is 2. The van der Waals surface area contributed by atoms with Crippen LogP contribution in [0.1, 0.15) is 19.4 Å². The van der Waals surface area contributed by atoms with Crippen LogP contribution in [-0.4, -0.2) is 44.1 Å². The second kappa shape index (κ2) is 10.0. The normalized spacial score (nSPS) is 11.6. The van der Waals surface area contributed by atoms with Crippen LogP contribution >= 0.6 is 0 Å². The van der Waals surface area contributed by atoms with Gasteiger partial charge in [-0.1, -0.05) is 18.2 Å². The Hall–Kier alpha value is -2.83. The molecule has 0 aliphatic heterocycles. The van der Waals surface area contributed by atoms with Gasteiger partial charge in [0.15, 0.2) is 6.61 Å². The van der Waals surface area contributed by atoms with E-state index < -0.39 is 24.5 Å². The van der Waals surface area contributed by atoms with E-state index in [0.29, 0.717) is 17.9 Å². The molecule has 7 heteroatoms. The van der Waals surface area contributed by atoms with E-state index in [-0.39, 0.29) is 5.91 Å². The zero-order chi connectivity index (χ0) is 17.9. The first-order valence-corrected chi connectivity index (χ1v) is 7.52. The molecule has 0 aromatic heterocycles. The fourth-order valence-corrected chi connectivity index (χ4v) is 1.82. The number of nitrogens with one attached hydrogen (secondary N) is 2. The zero-order valence-electron chi connectivity index (χ0n) is 14.0. The lowest BCUT2D eigenvalue weighted by Gasteiger charge is -2.12. The van der Waals surface area contributed by atoms with Gasteiger partial charge in [0.05, 0.1) is 7.11 Å². The Morgan fingerprint density at radius 1 is 1.25 bits per heavy atom. The average molecular weight is 334 g/mol. The van der Waals surface area contributed by atoms with Gasteiger partial charge in [-0.3, -0.25) is 9.59 Å². The molecule has 24 heavy (non-hydrogen) atoms. The monoisotopic (exact) mass is 334 g/mol. The van der Waals surface area contributed by atoms with Crippen LogP contribution in [0, 0.1) is 0 Å². The van der Waals surface area contributed by atoms with E-state index in [9.17, 15) is 14.4 Å². The fraction of sp³-hybridized carbons (Fsp3) is 0.353. The summed E-state index contributed by atoms with van der Waals surface area (Å²) in [6, 6.07) is 6.48. The number of para-hydroxylation sites is 1. The molecular formula is C17H22N2O5. The second-order valence-corrected chi connectivity index (χ2v) is 4.87. The molecule has 0 aliphatic rings. The van der Waals surface area contributed by atoms with E-state index in [1.165, 1.54) is 19.3 Å². The lowest BCUT2D eigenvalue weighted by Crippen LogP contribution is -2.46. The van der Waals surface area contributed by atoms with Crippen LogP contribution in [0.2, 0.25) is 0 Å². The number of esters is 1. The number of benzene rings is 1. The summed E-state index contributed by atoms with van der Waals surface area (Å²) in [4.78, 5) is 34.7. The third kappa shape index (κ3) is 6.51. The van der Waals surface area contributed by atoms with Crippen molar-refractivity contribution in [3.8, 4) is 5.75 Å². The minimum atomic E-state index is -0.694. The lowest BCUT2D eigenvalue weighted by atomic mass is 10.2. The highest BCUT2D eigenvalue weighted by molar-refractivity contribution is 5.91. The summed E-state index contributed by atoms with van der Waals surface area (Å²) in [6.07, 6.45) is 2.74. The number of amides is 2. The van der Waals surface area contributed by atoms with Crippen molar-refractivity contribution in [2.45, 2.75) is 19.9 Å². The molecule has 1 rings (SSSR count). The highest BCUT2D eigenvalue weighted by Crippen LogP contribution is 2.18. The van der Waals surface area contributed by atoms with Gasteiger partial charge in [0, 0.05) is 18.2 Å². The minimum Gasteiger partial charge on any atom is -0.496 e. The van der Waals surface area contributed by atoms with E-state index >= 15 is 0 Å². The molecule has 130 valence electrons. The Morgan fingerprint density at radius 2 is 1.96 bits per heavy atom. The number of carbonyl (C=O) groups is 3. The van der Waals surface area contributed by atoms with Crippen molar-refractivity contribution >= 4 is 23.9 Å². The maximum Gasteiger partial charge on any atom is 0.331 e. The van der Waals surface area contributed by atoms with Crippen molar-refractivity contribution < 1.29 is 23.9 Å². The predicted octanol–water partition coefficient (Wildman–Crippen LogP) is 0.892. The molecule has 1 aromatic rings. The fourth-order valence-electron chi connectivity index (χ4n) is 1.82. The van der Waals surface area contributed by atoms with Crippen LogP contribution in [0.4, 0.5) is 0 Å². The first-order valence-electron chi connectivity index (χ1n) is 7.52. The summed E-state index contributed by atoms with van der Waals surface area (Å²) in [5.74, 6) is -0.891. The van der Waals surface area contributed by atoms with Crippen molar-refractivity contribution in [1.29, 1.82) is 0 Å². The average Bonchev–Trinajstić information content (AvgIpc) is 2.58. The third-order valence-corrected chi connectivity index (χ3v) is 3.01. The molecule has 0 spiro atoms. The minimum absolute atomic E-state index is 0.298. The zero-order valence-corrected chi connectivity index (χ0v) is 14.0. The van der Waals surface area contributed by atoms with Gasteiger partial charge in [-0.2, -0.15) is 0 Å². The van der Waals surface area contributed by atoms with E-state index in [2.05, 4.69) is 10.6 Å². The summed E-state index contributed by atoms with van der Waals surface area (Å²) >= 11 is 0. The first-order chi connectivity index (χ1) is 11.5. The van der Waals surface area contributed by atoms with Crippen molar-refractivity contribution in [3.05, 3.63) is 35.9 Å². The summed E-state index contributed by atoms with van der Waals surface area (Å²) in [5.41, 5.74) is 0.714. The van der Waals surface area contributed by atoms with Crippen LogP contribution in [0.5, 0.6) is 5.75 Å². The summed E-state index contributed by atoms with van der Waals surface area (Å²) in [5, 5.41) is 5.02. The quantitative estimate of drug-likeness (QED) is 0.544. The molecule has 2 amide bonds. The molecule has 0 saturated carbocycles. The predicted molar refractivity (Wildman–Crippen MR) is 89.3 cm³/mol. The highest BCUT2D eigenvalue weighted by Gasteiger charge is 2.15. The summed E-state index contributed by atoms with van der Waals surface area (Å²) in [6.45, 7) is 3.34. The maximum atomic E-state index is 11.6. The Balaban J connectivity index is 2.44. The van der Waals surface area contributed by atoms with Gasteiger partial charge >= 0.3 is 5.97 Å². The van der Waals surface area contributed by atoms with Crippen LogP contribution in [-0.2, 0) is 19.1 Å². The van der Waals surface area contributed by atoms with Gasteiger partial charge in [-0.15, -0.1) is 0 Å².